The third-order valence-corrected chi connectivity index (χ3v) is 10.5. The first kappa shape index (κ1) is 37.3. The zero-order valence-electron chi connectivity index (χ0n) is 30.5. The van der Waals surface area contributed by atoms with E-state index in [-0.39, 0.29) is 28.3 Å². The molecule has 5 rings (SSSR count). The Bertz CT molecular complexity index is 1880. The molecule has 2 heterocycles. The highest BCUT2D eigenvalue weighted by Gasteiger charge is 2.46. The molecular weight excluding hydrogens is 646 g/mol. The lowest BCUT2D eigenvalue weighted by atomic mass is 9.77. The van der Waals surface area contributed by atoms with Crippen LogP contribution in [-0.4, -0.2) is 75.2 Å². The zero-order valence-corrected chi connectivity index (χ0v) is 30.5. The van der Waals surface area contributed by atoms with E-state index in [1.54, 1.807) is 30.4 Å². The van der Waals surface area contributed by atoms with Crippen LogP contribution in [0.3, 0.4) is 0 Å². The lowest BCUT2D eigenvalue weighted by Gasteiger charge is -2.32. The van der Waals surface area contributed by atoms with E-state index >= 15 is 0 Å². The van der Waals surface area contributed by atoms with Gasteiger partial charge in [-0.05, 0) is 57.0 Å². The molecule has 0 atom stereocenters. The van der Waals surface area contributed by atoms with Gasteiger partial charge in [-0.3, -0.25) is 19.2 Å². The van der Waals surface area contributed by atoms with Gasteiger partial charge in [0.25, 0.3) is 5.91 Å². The monoisotopic (exact) mass is 695 g/mol. The van der Waals surface area contributed by atoms with Crippen LogP contribution < -0.4 is 10.0 Å². The minimum atomic E-state index is -1.32. The number of ketones is 1. The molecule has 1 amide bonds. The van der Waals surface area contributed by atoms with Gasteiger partial charge >= 0.3 is 11.9 Å². The minimum Gasteiger partial charge on any atom is -0.871 e. The zero-order chi connectivity index (χ0) is 37.2. The average molecular weight is 696 g/mol. The van der Waals surface area contributed by atoms with Crippen LogP contribution in [0.15, 0.2) is 77.2 Å². The number of benzene rings is 2. The van der Waals surface area contributed by atoms with Gasteiger partial charge in [-0.2, -0.15) is 4.58 Å². The molecule has 0 aromatic heterocycles. The van der Waals surface area contributed by atoms with Gasteiger partial charge in [0.1, 0.15) is 19.6 Å². The van der Waals surface area contributed by atoms with Crippen LogP contribution in [0, 0.1) is 0 Å². The van der Waals surface area contributed by atoms with Crippen LogP contribution in [0.2, 0.25) is 0 Å². The molecule has 0 saturated heterocycles. The van der Waals surface area contributed by atoms with Crippen LogP contribution in [0.25, 0.3) is 0 Å². The van der Waals surface area contributed by atoms with E-state index in [2.05, 4.69) is 49.3 Å². The lowest BCUT2D eigenvalue weighted by molar-refractivity contribution is -0.438. The van der Waals surface area contributed by atoms with Crippen molar-refractivity contribution in [2.24, 2.45) is 0 Å². The minimum absolute atomic E-state index is 0.118. The standard InChI is InChI=1S/C41H49N3O7/c1-7-9-10-11-12-15-20-44-32-19-18-26(39(51)42(24-35(45)46)25-36(47)48)21-30(32)41(5,6)34(44)23-28-37(49)27(38(28)50)22-33-40(3,4)29-16-13-14-17-31(29)43(33)8-2/h13-14,16-19,21-23H,7-12,15,20,24-25H2,1-6H3,(H2-,45,46,47,48,49,50). The summed E-state index contributed by atoms with van der Waals surface area (Å²) in [4.78, 5) is 53.1. The summed E-state index contributed by atoms with van der Waals surface area (Å²) >= 11 is 0. The van der Waals surface area contributed by atoms with Gasteiger partial charge in [-0.15, -0.1) is 0 Å². The molecule has 0 radical (unpaired) electrons. The second kappa shape index (κ2) is 14.7. The molecule has 0 saturated carbocycles. The number of anilines is 1. The molecule has 0 unspecified atom stereocenters. The van der Waals surface area contributed by atoms with E-state index in [9.17, 15) is 34.5 Å². The predicted molar refractivity (Wildman–Crippen MR) is 195 cm³/mol. The van der Waals surface area contributed by atoms with Gasteiger partial charge in [-0.25, -0.2) is 0 Å². The van der Waals surface area contributed by atoms with Gasteiger partial charge in [-0.1, -0.05) is 70.4 Å². The fourth-order valence-corrected chi connectivity index (χ4v) is 7.68. The molecule has 10 nitrogen and oxygen atoms in total. The first-order valence-corrected chi connectivity index (χ1v) is 17.9. The van der Waals surface area contributed by atoms with E-state index < -0.39 is 41.8 Å². The smallest absolute Gasteiger partial charge is 0.323 e. The van der Waals surface area contributed by atoms with Crippen molar-refractivity contribution in [2.45, 2.75) is 90.9 Å². The van der Waals surface area contributed by atoms with Crippen molar-refractivity contribution in [2.75, 3.05) is 31.1 Å². The normalized spacial score (nSPS) is 18.7. The van der Waals surface area contributed by atoms with Gasteiger partial charge in [0.2, 0.25) is 5.69 Å². The first-order valence-electron chi connectivity index (χ1n) is 17.9. The summed E-state index contributed by atoms with van der Waals surface area (Å²) < 4.78 is 2.12. The molecule has 51 heavy (non-hydrogen) atoms. The number of nitrogens with zero attached hydrogens (tertiary/aromatic N) is 3. The quantitative estimate of drug-likeness (QED) is 0.134. The highest BCUT2D eigenvalue weighted by atomic mass is 16.4. The summed E-state index contributed by atoms with van der Waals surface area (Å²) in [6.07, 6.45) is 9.95. The Kier molecular flexibility index (Phi) is 10.7. The van der Waals surface area contributed by atoms with Crippen molar-refractivity contribution in [3.05, 3.63) is 93.9 Å². The van der Waals surface area contributed by atoms with E-state index in [0.29, 0.717) is 13.1 Å². The topological polar surface area (TPSA) is 141 Å². The number of para-hydroxylation sites is 1. The van der Waals surface area contributed by atoms with Crippen LogP contribution >= 0.6 is 0 Å². The summed E-state index contributed by atoms with van der Waals surface area (Å²) in [5.74, 6) is -3.94. The van der Waals surface area contributed by atoms with Crippen molar-refractivity contribution in [3.8, 4) is 0 Å². The molecule has 3 aliphatic rings. The second-order valence-corrected chi connectivity index (χ2v) is 14.7. The van der Waals surface area contributed by atoms with E-state index in [1.807, 2.05) is 26.0 Å². The molecule has 1 aliphatic carbocycles. The Morgan fingerprint density at radius 3 is 2.14 bits per heavy atom. The van der Waals surface area contributed by atoms with Gasteiger partial charge < -0.3 is 25.1 Å². The fraction of sp³-hybridized carbons (Fsp3) is 0.439. The number of unbranched alkanes of at least 4 members (excludes halogenated alkanes) is 5. The number of rotatable bonds is 15. The Hall–Kier alpha value is -4.99. The van der Waals surface area contributed by atoms with Crippen LogP contribution in [-0.2, 0) is 25.2 Å². The Morgan fingerprint density at radius 2 is 1.51 bits per heavy atom. The van der Waals surface area contributed by atoms with E-state index in [4.69, 9.17) is 0 Å². The molecular formula is C41H49N3O7. The fourth-order valence-electron chi connectivity index (χ4n) is 7.68. The van der Waals surface area contributed by atoms with Crippen molar-refractivity contribution in [3.63, 3.8) is 0 Å². The van der Waals surface area contributed by atoms with Crippen molar-refractivity contribution in [1.82, 2.24) is 4.90 Å². The number of hydrogen-bond donors (Lipinski definition) is 2. The molecule has 0 spiro atoms. The molecule has 2 aromatic rings. The number of fused-ring (bicyclic) bond motifs is 2. The van der Waals surface area contributed by atoms with Gasteiger partial charge in [0.05, 0.1) is 5.41 Å². The van der Waals surface area contributed by atoms with Gasteiger partial charge in [0, 0.05) is 64.2 Å². The number of carbonyl (C=O) groups is 4. The van der Waals surface area contributed by atoms with Crippen LogP contribution in [0.4, 0.5) is 11.4 Å². The highest BCUT2D eigenvalue weighted by Crippen LogP contribution is 2.49. The Balaban J connectivity index is 1.53. The summed E-state index contributed by atoms with van der Waals surface area (Å²) in [7, 11) is 0. The number of aliphatic carboxylic acids is 2. The highest BCUT2D eigenvalue weighted by molar-refractivity contribution is 6.24. The molecule has 2 aromatic carbocycles. The number of carboxylic acid groups (broad SMARTS) is 2. The molecule has 10 heteroatoms. The number of amides is 1. The maximum atomic E-state index is 13.8. The van der Waals surface area contributed by atoms with Gasteiger partial charge in [0.15, 0.2) is 11.5 Å². The summed E-state index contributed by atoms with van der Waals surface area (Å²) in [6.45, 7) is 12.2. The number of hydrogen-bond acceptors (Lipinski definition) is 6. The number of carboxylic acids is 2. The summed E-state index contributed by atoms with van der Waals surface area (Å²) in [6, 6.07) is 13.2. The largest absolute Gasteiger partial charge is 0.871 e. The van der Waals surface area contributed by atoms with Crippen molar-refractivity contribution in [1.29, 1.82) is 0 Å². The van der Waals surface area contributed by atoms with Crippen molar-refractivity contribution < 1.29 is 39.1 Å². The maximum Gasteiger partial charge on any atom is 0.323 e. The second-order valence-electron chi connectivity index (χ2n) is 14.7. The van der Waals surface area contributed by atoms with Crippen LogP contribution in [0.1, 0.15) is 102 Å². The van der Waals surface area contributed by atoms with E-state index in [1.165, 1.54) is 6.42 Å². The summed E-state index contributed by atoms with van der Waals surface area (Å²) in [5.41, 5.74) is 4.80. The lowest BCUT2D eigenvalue weighted by Crippen LogP contribution is -2.39. The molecule has 0 bridgehead atoms. The Labute approximate surface area is 300 Å². The van der Waals surface area contributed by atoms with Crippen molar-refractivity contribution >= 4 is 40.7 Å². The molecule has 270 valence electrons. The first-order chi connectivity index (χ1) is 24.1. The maximum absolute atomic E-state index is 13.8. The number of likely N-dealkylation sites (N-methyl/N-ethyl adjacent to an activating group) is 1. The third kappa shape index (κ3) is 7.01. The number of allylic oxidation sites excluding steroid dienone is 5. The third-order valence-electron chi connectivity index (χ3n) is 10.5. The predicted octanol–water partition coefficient (Wildman–Crippen LogP) is 5.86. The molecule has 0 fully saturated rings. The SMILES string of the molecule is CCCCCCCC[N+]1=C(/C=C2/C(=O)C(/C=C3\N(CC)c4ccccc4C3(C)C)=C2[O-])C(C)(C)c2cc(C(=O)N(CC(=O)O)CC(=O)O)ccc21. The summed E-state index contributed by atoms with van der Waals surface area (Å²) in [5, 5.41) is 32.5. The molecule has 2 aliphatic heterocycles. The Morgan fingerprint density at radius 1 is 0.863 bits per heavy atom. The average Bonchev–Trinajstić information content (AvgIpc) is 3.43. The number of carbonyl (C=O) groups excluding carboxylic acids is 2. The number of Topliss-reactive ketones (excluding diaryl/α,β-unsaturated/α-hetero) is 1. The van der Waals surface area contributed by atoms with Crippen LogP contribution in [0.5, 0.6) is 0 Å². The van der Waals surface area contributed by atoms with E-state index in [0.717, 1.165) is 70.9 Å². The molecule has 2 N–H and O–H groups in total.